The van der Waals surface area contributed by atoms with Crippen LogP contribution >= 0.6 is 0 Å². The largest absolute Gasteiger partial charge is 0.440 e. The SMILES string of the molecule is C=C(C)COCC(=O)OC(C)N1CCNC1=O. The van der Waals surface area contributed by atoms with E-state index in [2.05, 4.69) is 11.9 Å². The minimum absolute atomic E-state index is 0.132. The van der Waals surface area contributed by atoms with E-state index < -0.39 is 12.2 Å². The Labute approximate surface area is 101 Å². The summed E-state index contributed by atoms with van der Waals surface area (Å²) in [6, 6.07) is -0.215. The average Bonchev–Trinajstić information content (AvgIpc) is 2.63. The molecule has 1 aliphatic rings. The lowest BCUT2D eigenvalue weighted by atomic mass is 10.4. The number of urea groups is 1. The third-order valence-corrected chi connectivity index (χ3v) is 2.20. The van der Waals surface area contributed by atoms with Crippen LogP contribution in [0.2, 0.25) is 0 Å². The minimum Gasteiger partial charge on any atom is -0.440 e. The van der Waals surface area contributed by atoms with Gasteiger partial charge in [-0.05, 0) is 13.8 Å². The second-order valence-corrected chi connectivity index (χ2v) is 3.96. The van der Waals surface area contributed by atoms with Crippen LogP contribution in [-0.2, 0) is 14.3 Å². The topological polar surface area (TPSA) is 67.9 Å². The highest BCUT2D eigenvalue weighted by Crippen LogP contribution is 2.05. The number of nitrogens with zero attached hydrogens (tertiary/aromatic N) is 1. The number of esters is 1. The molecule has 0 spiro atoms. The number of hydrogen-bond donors (Lipinski definition) is 1. The summed E-state index contributed by atoms with van der Waals surface area (Å²) in [5, 5.41) is 2.63. The van der Waals surface area contributed by atoms with Crippen LogP contribution < -0.4 is 5.32 Å². The first kappa shape index (κ1) is 13.5. The molecule has 6 nitrogen and oxygen atoms in total. The highest BCUT2D eigenvalue weighted by Gasteiger charge is 2.26. The molecule has 0 aliphatic carbocycles. The third kappa shape index (κ3) is 4.44. The van der Waals surface area contributed by atoms with E-state index in [4.69, 9.17) is 9.47 Å². The molecule has 1 heterocycles. The first-order chi connectivity index (χ1) is 8.00. The van der Waals surface area contributed by atoms with Crippen molar-refractivity contribution < 1.29 is 19.1 Å². The lowest BCUT2D eigenvalue weighted by Crippen LogP contribution is -2.39. The van der Waals surface area contributed by atoms with E-state index in [1.54, 1.807) is 6.92 Å². The van der Waals surface area contributed by atoms with Gasteiger partial charge in [0.25, 0.3) is 0 Å². The fourth-order valence-corrected chi connectivity index (χ4v) is 1.43. The molecular formula is C11H18N2O4. The van der Waals surface area contributed by atoms with Gasteiger partial charge in [0, 0.05) is 13.1 Å². The van der Waals surface area contributed by atoms with E-state index in [0.717, 1.165) is 5.57 Å². The molecule has 0 aromatic carbocycles. The van der Waals surface area contributed by atoms with Gasteiger partial charge in [0.05, 0.1) is 6.61 Å². The first-order valence-corrected chi connectivity index (χ1v) is 5.47. The van der Waals surface area contributed by atoms with Gasteiger partial charge in [0.1, 0.15) is 6.61 Å². The summed E-state index contributed by atoms with van der Waals surface area (Å²) in [7, 11) is 0. The van der Waals surface area contributed by atoms with Crippen LogP contribution in [0.3, 0.4) is 0 Å². The summed E-state index contributed by atoms with van der Waals surface area (Å²) in [5.41, 5.74) is 0.838. The molecule has 1 atom stereocenters. The van der Waals surface area contributed by atoms with Crippen LogP contribution in [-0.4, -0.2) is 49.4 Å². The molecule has 1 saturated heterocycles. The number of carbonyl (C=O) groups excluding carboxylic acids is 2. The van der Waals surface area contributed by atoms with Crippen molar-refractivity contribution in [1.29, 1.82) is 0 Å². The van der Waals surface area contributed by atoms with Crippen LogP contribution in [0.5, 0.6) is 0 Å². The predicted molar refractivity (Wildman–Crippen MR) is 61.3 cm³/mol. The molecule has 96 valence electrons. The molecule has 0 aromatic heterocycles. The third-order valence-electron chi connectivity index (χ3n) is 2.20. The van der Waals surface area contributed by atoms with Crippen molar-refractivity contribution in [2.45, 2.75) is 20.1 Å². The Morgan fingerprint density at radius 2 is 2.29 bits per heavy atom. The van der Waals surface area contributed by atoms with E-state index in [1.165, 1.54) is 4.90 Å². The maximum atomic E-state index is 11.4. The van der Waals surface area contributed by atoms with Gasteiger partial charge < -0.3 is 14.8 Å². The molecule has 1 fully saturated rings. The standard InChI is InChI=1S/C11H18N2O4/c1-8(2)6-16-7-10(14)17-9(3)13-5-4-12-11(13)15/h9H,1,4-7H2,2-3H3,(H,12,15). The Morgan fingerprint density at radius 3 is 2.82 bits per heavy atom. The molecule has 0 saturated carbocycles. The Bertz CT molecular complexity index is 317. The van der Waals surface area contributed by atoms with E-state index in [1.807, 2.05) is 6.92 Å². The monoisotopic (exact) mass is 242 g/mol. The van der Waals surface area contributed by atoms with Gasteiger partial charge in [-0.1, -0.05) is 12.2 Å². The van der Waals surface area contributed by atoms with Crippen LogP contribution in [0, 0.1) is 0 Å². The van der Waals surface area contributed by atoms with E-state index >= 15 is 0 Å². The lowest BCUT2D eigenvalue weighted by Gasteiger charge is -2.22. The number of ether oxygens (including phenoxy) is 2. The molecular weight excluding hydrogens is 224 g/mol. The normalized spacial score (nSPS) is 16.6. The zero-order valence-corrected chi connectivity index (χ0v) is 10.2. The molecule has 1 rings (SSSR count). The van der Waals surface area contributed by atoms with E-state index in [-0.39, 0.29) is 12.6 Å². The van der Waals surface area contributed by atoms with Crippen molar-refractivity contribution in [3.63, 3.8) is 0 Å². The van der Waals surface area contributed by atoms with Crippen molar-refractivity contribution in [2.24, 2.45) is 0 Å². The van der Waals surface area contributed by atoms with Crippen molar-refractivity contribution in [3.05, 3.63) is 12.2 Å². The van der Waals surface area contributed by atoms with Crippen molar-refractivity contribution >= 4 is 12.0 Å². The summed E-state index contributed by atoms with van der Waals surface area (Å²) in [6.07, 6.45) is -0.571. The maximum Gasteiger partial charge on any atom is 0.334 e. The molecule has 0 radical (unpaired) electrons. The van der Waals surface area contributed by atoms with Gasteiger partial charge in [-0.2, -0.15) is 0 Å². The quantitative estimate of drug-likeness (QED) is 0.544. The summed E-state index contributed by atoms with van der Waals surface area (Å²) in [5.74, 6) is -0.488. The van der Waals surface area contributed by atoms with Crippen LogP contribution in [0.1, 0.15) is 13.8 Å². The second kappa shape index (κ2) is 6.24. The van der Waals surface area contributed by atoms with Gasteiger partial charge >= 0.3 is 12.0 Å². The van der Waals surface area contributed by atoms with Crippen molar-refractivity contribution in [1.82, 2.24) is 10.2 Å². The summed E-state index contributed by atoms with van der Waals surface area (Å²) in [4.78, 5) is 24.1. The van der Waals surface area contributed by atoms with Gasteiger partial charge in [0.2, 0.25) is 0 Å². The molecule has 0 bridgehead atoms. The number of nitrogens with one attached hydrogen (secondary N) is 1. The molecule has 1 unspecified atom stereocenters. The average molecular weight is 242 g/mol. The zero-order chi connectivity index (χ0) is 12.8. The molecule has 0 aromatic rings. The Hall–Kier alpha value is -1.56. The number of hydrogen-bond acceptors (Lipinski definition) is 4. The van der Waals surface area contributed by atoms with Crippen LogP contribution in [0.15, 0.2) is 12.2 Å². The highest BCUT2D eigenvalue weighted by atomic mass is 16.6. The fraction of sp³-hybridized carbons (Fsp3) is 0.636. The Morgan fingerprint density at radius 1 is 1.59 bits per heavy atom. The predicted octanol–water partition coefficient (Wildman–Crippen LogP) is 0.494. The molecule has 17 heavy (non-hydrogen) atoms. The van der Waals surface area contributed by atoms with Gasteiger partial charge in [0.15, 0.2) is 6.23 Å². The van der Waals surface area contributed by atoms with Crippen molar-refractivity contribution in [2.75, 3.05) is 26.3 Å². The van der Waals surface area contributed by atoms with Gasteiger partial charge in [-0.25, -0.2) is 9.59 Å². The molecule has 1 N–H and O–H groups in total. The minimum atomic E-state index is -0.571. The molecule has 2 amide bonds. The van der Waals surface area contributed by atoms with Crippen LogP contribution in [0.4, 0.5) is 4.79 Å². The second-order valence-electron chi connectivity index (χ2n) is 3.96. The smallest absolute Gasteiger partial charge is 0.334 e. The van der Waals surface area contributed by atoms with Gasteiger partial charge in [-0.15, -0.1) is 0 Å². The Kier molecular flexibility index (Phi) is 4.96. The number of carbonyl (C=O) groups is 2. The van der Waals surface area contributed by atoms with Gasteiger partial charge in [-0.3, -0.25) is 4.90 Å². The fourth-order valence-electron chi connectivity index (χ4n) is 1.43. The zero-order valence-electron chi connectivity index (χ0n) is 10.2. The maximum absolute atomic E-state index is 11.4. The highest BCUT2D eigenvalue weighted by molar-refractivity contribution is 5.77. The first-order valence-electron chi connectivity index (χ1n) is 5.47. The van der Waals surface area contributed by atoms with Crippen molar-refractivity contribution in [3.8, 4) is 0 Å². The summed E-state index contributed by atoms with van der Waals surface area (Å²) in [6.45, 7) is 8.42. The molecule has 1 aliphatic heterocycles. The summed E-state index contributed by atoms with van der Waals surface area (Å²) < 4.78 is 10.1. The Balaban J connectivity index is 2.25. The lowest BCUT2D eigenvalue weighted by molar-refractivity contribution is -0.159. The van der Waals surface area contributed by atoms with E-state index in [0.29, 0.717) is 19.7 Å². The van der Waals surface area contributed by atoms with Crippen LogP contribution in [0.25, 0.3) is 0 Å². The summed E-state index contributed by atoms with van der Waals surface area (Å²) >= 11 is 0. The molecule has 6 heteroatoms. The van der Waals surface area contributed by atoms with E-state index in [9.17, 15) is 9.59 Å². The number of amides is 2. The number of rotatable bonds is 6.